The molecule has 1 aromatic carbocycles. The number of halogens is 2. The Bertz CT molecular complexity index is 446. The average Bonchev–Trinajstić information content (AvgIpc) is 2.45. The highest BCUT2D eigenvalue weighted by molar-refractivity contribution is 5.94. The molecule has 21 heavy (non-hydrogen) atoms. The van der Waals surface area contributed by atoms with Crippen LogP contribution in [0.1, 0.15) is 22.8 Å². The number of carbonyl (C=O) groups excluding carboxylic acids is 1. The first-order valence-corrected chi connectivity index (χ1v) is 6.44. The molecule has 1 aromatic rings. The summed E-state index contributed by atoms with van der Waals surface area (Å²) in [4.78, 5) is 11.9. The first-order chi connectivity index (χ1) is 9.58. The van der Waals surface area contributed by atoms with Crippen LogP contribution in [0.5, 0.6) is 0 Å². The van der Waals surface area contributed by atoms with Gasteiger partial charge in [0.2, 0.25) is 0 Å². The molecule has 0 fully saturated rings. The second-order valence-corrected chi connectivity index (χ2v) is 4.46. The number of amides is 1. The molecule has 0 saturated heterocycles. The van der Waals surface area contributed by atoms with E-state index < -0.39 is 5.82 Å². The van der Waals surface area contributed by atoms with Crippen molar-refractivity contribution in [3.05, 3.63) is 35.1 Å². The van der Waals surface area contributed by atoms with Crippen molar-refractivity contribution in [1.82, 2.24) is 5.32 Å². The van der Waals surface area contributed by atoms with Crippen LogP contribution in [-0.4, -0.2) is 38.8 Å². The molecule has 0 aliphatic carbocycles. The van der Waals surface area contributed by atoms with Crippen LogP contribution in [0.4, 0.5) is 4.39 Å². The van der Waals surface area contributed by atoms with Crippen LogP contribution in [-0.2, 0) is 16.1 Å². The summed E-state index contributed by atoms with van der Waals surface area (Å²) >= 11 is 0. The van der Waals surface area contributed by atoms with Gasteiger partial charge < -0.3 is 20.5 Å². The molecule has 0 saturated carbocycles. The number of methoxy groups -OCH3 is 1. The van der Waals surface area contributed by atoms with Gasteiger partial charge in [-0.05, 0) is 25.1 Å². The van der Waals surface area contributed by atoms with Gasteiger partial charge in [0.15, 0.2) is 0 Å². The van der Waals surface area contributed by atoms with Crippen LogP contribution >= 0.6 is 12.4 Å². The summed E-state index contributed by atoms with van der Waals surface area (Å²) in [7, 11) is 1.56. The molecule has 0 bridgehead atoms. The molecule has 120 valence electrons. The molecule has 0 unspecified atom stereocenters. The van der Waals surface area contributed by atoms with Gasteiger partial charge in [-0.25, -0.2) is 4.39 Å². The van der Waals surface area contributed by atoms with Crippen LogP contribution in [0.3, 0.4) is 0 Å². The molecule has 0 spiro atoms. The van der Waals surface area contributed by atoms with E-state index in [4.69, 9.17) is 15.2 Å². The Morgan fingerprint density at radius 1 is 1.43 bits per heavy atom. The fraction of sp³-hybridized carbons (Fsp3) is 0.500. The maximum Gasteiger partial charge on any atom is 0.251 e. The number of nitrogens with one attached hydrogen (secondary N) is 1. The van der Waals surface area contributed by atoms with Gasteiger partial charge in [-0.15, -0.1) is 12.4 Å². The molecule has 1 amide bonds. The fourth-order valence-corrected chi connectivity index (χ4v) is 1.52. The fourth-order valence-electron chi connectivity index (χ4n) is 1.52. The minimum atomic E-state index is -0.397. The SMILES string of the molecule is COCCOCc1cc(C(=O)N[C@@H](C)CN)ccc1F.Cl. The van der Waals surface area contributed by atoms with E-state index in [1.54, 1.807) is 14.0 Å². The summed E-state index contributed by atoms with van der Waals surface area (Å²) < 4.78 is 23.7. The zero-order chi connectivity index (χ0) is 15.0. The van der Waals surface area contributed by atoms with Crippen molar-refractivity contribution >= 4 is 18.3 Å². The Balaban J connectivity index is 0.00000400. The van der Waals surface area contributed by atoms with Crippen molar-refractivity contribution in [3.8, 4) is 0 Å². The number of carbonyl (C=O) groups is 1. The molecule has 1 rings (SSSR count). The average molecular weight is 321 g/mol. The maximum absolute atomic E-state index is 13.6. The Labute approximate surface area is 130 Å². The van der Waals surface area contributed by atoms with Crippen LogP contribution in [0.2, 0.25) is 0 Å². The van der Waals surface area contributed by atoms with Crippen molar-refractivity contribution in [1.29, 1.82) is 0 Å². The highest BCUT2D eigenvalue weighted by Crippen LogP contribution is 2.12. The van der Waals surface area contributed by atoms with Gasteiger partial charge in [0.1, 0.15) is 5.82 Å². The second-order valence-electron chi connectivity index (χ2n) is 4.46. The number of hydrogen-bond donors (Lipinski definition) is 2. The lowest BCUT2D eigenvalue weighted by molar-refractivity contribution is 0.0604. The van der Waals surface area contributed by atoms with Crippen LogP contribution in [0.25, 0.3) is 0 Å². The predicted molar refractivity (Wildman–Crippen MR) is 81.2 cm³/mol. The van der Waals surface area contributed by atoms with Gasteiger partial charge in [0.25, 0.3) is 5.91 Å². The van der Waals surface area contributed by atoms with Gasteiger partial charge in [-0.3, -0.25) is 4.79 Å². The van der Waals surface area contributed by atoms with Gasteiger partial charge in [0, 0.05) is 30.8 Å². The van der Waals surface area contributed by atoms with Gasteiger partial charge in [-0.1, -0.05) is 0 Å². The summed E-state index contributed by atoms with van der Waals surface area (Å²) in [6.45, 7) is 3.06. The lowest BCUT2D eigenvalue weighted by Crippen LogP contribution is -2.37. The quantitative estimate of drug-likeness (QED) is 0.712. The second kappa shape index (κ2) is 10.5. The Morgan fingerprint density at radius 2 is 2.14 bits per heavy atom. The Morgan fingerprint density at radius 3 is 2.76 bits per heavy atom. The van der Waals surface area contributed by atoms with Crippen LogP contribution in [0.15, 0.2) is 18.2 Å². The number of ether oxygens (including phenoxy) is 2. The monoisotopic (exact) mass is 320 g/mol. The first-order valence-electron chi connectivity index (χ1n) is 6.44. The number of rotatable bonds is 8. The number of hydrogen-bond acceptors (Lipinski definition) is 4. The van der Waals surface area contributed by atoms with Crippen LogP contribution < -0.4 is 11.1 Å². The van der Waals surface area contributed by atoms with E-state index in [-0.39, 0.29) is 31.0 Å². The van der Waals surface area contributed by atoms with E-state index in [2.05, 4.69) is 5.32 Å². The minimum Gasteiger partial charge on any atom is -0.382 e. The largest absolute Gasteiger partial charge is 0.382 e. The smallest absolute Gasteiger partial charge is 0.251 e. The standard InChI is InChI=1S/C14H21FN2O3.ClH/c1-10(8-16)17-14(18)11-3-4-13(15)12(7-11)9-20-6-5-19-2;/h3-4,7,10H,5-6,8-9,16H2,1-2H3,(H,17,18);1H/t10-;/m0./s1. The molecule has 0 aromatic heterocycles. The normalized spacial score (nSPS) is 11.6. The molecular formula is C14H22ClFN2O3. The number of nitrogens with two attached hydrogens (primary N) is 1. The highest BCUT2D eigenvalue weighted by atomic mass is 35.5. The van der Waals surface area contributed by atoms with Gasteiger partial charge >= 0.3 is 0 Å². The third kappa shape index (κ3) is 6.86. The van der Waals surface area contributed by atoms with Crippen molar-refractivity contribution in [2.45, 2.75) is 19.6 Å². The molecule has 5 nitrogen and oxygen atoms in total. The van der Waals surface area contributed by atoms with Gasteiger partial charge in [0.05, 0.1) is 19.8 Å². The molecule has 7 heteroatoms. The van der Waals surface area contributed by atoms with Crippen molar-refractivity contribution in [3.63, 3.8) is 0 Å². The topological polar surface area (TPSA) is 73.6 Å². The molecule has 0 aliphatic rings. The predicted octanol–water partition coefficient (Wildman–Crippen LogP) is 1.49. The zero-order valence-electron chi connectivity index (χ0n) is 12.2. The lowest BCUT2D eigenvalue weighted by atomic mass is 10.1. The summed E-state index contributed by atoms with van der Waals surface area (Å²) in [5, 5.41) is 2.72. The van der Waals surface area contributed by atoms with Crippen molar-refractivity contribution < 1.29 is 18.7 Å². The van der Waals surface area contributed by atoms with E-state index >= 15 is 0 Å². The van der Waals surface area contributed by atoms with Crippen molar-refractivity contribution in [2.75, 3.05) is 26.9 Å². The van der Waals surface area contributed by atoms with Gasteiger partial charge in [-0.2, -0.15) is 0 Å². The summed E-state index contributed by atoms with van der Waals surface area (Å²) in [6, 6.07) is 4.05. The van der Waals surface area contributed by atoms with E-state index in [9.17, 15) is 9.18 Å². The highest BCUT2D eigenvalue weighted by Gasteiger charge is 2.11. The lowest BCUT2D eigenvalue weighted by Gasteiger charge is -2.12. The Hall–Kier alpha value is -1.21. The maximum atomic E-state index is 13.6. The summed E-state index contributed by atoms with van der Waals surface area (Å²) in [6.07, 6.45) is 0. The zero-order valence-corrected chi connectivity index (χ0v) is 13.0. The molecule has 0 heterocycles. The summed E-state index contributed by atoms with van der Waals surface area (Å²) in [5.41, 5.74) is 6.17. The molecule has 3 N–H and O–H groups in total. The van der Waals surface area contributed by atoms with Crippen LogP contribution in [0, 0.1) is 5.82 Å². The third-order valence-electron chi connectivity index (χ3n) is 2.73. The minimum absolute atomic E-state index is 0. The van der Waals surface area contributed by atoms with Crippen molar-refractivity contribution in [2.24, 2.45) is 5.73 Å². The Kier molecular flexibility index (Phi) is 9.90. The molecular weight excluding hydrogens is 299 g/mol. The molecule has 0 aliphatic heterocycles. The van der Waals surface area contributed by atoms with E-state index in [0.29, 0.717) is 30.9 Å². The number of benzene rings is 1. The first kappa shape index (κ1) is 19.8. The van der Waals surface area contributed by atoms with E-state index in [0.717, 1.165) is 0 Å². The third-order valence-corrected chi connectivity index (χ3v) is 2.73. The molecule has 1 atom stereocenters. The summed E-state index contributed by atoms with van der Waals surface area (Å²) in [5.74, 6) is -0.674. The van der Waals surface area contributed by atoms with E-state index in [1.165, 1.54) is 18.2 Å². The molecule has 0 radical (unpaired) electrons. The van der Waals surface area contributed by atoms with E-state index in [1.807, 2.05) is 0 Å².